The lowest BCUT2D eigenvalue weighted by molar-refractivity contribution is 0.238. The molecule has 0 amide bonds. The number of hydrogen-bond acceptors (Lipinski definition) is 2. The van der Waals surface area contributed by atoms with E-state index < -0.39 is 0 Å². The topological polar surface area (TPSA) is 35.2 Å². The number of rotatable bonds is 3. The molecule has 1 aromatic rings. The molecule has 15 heavy (non-hydrogen) atoms. The van der Waals surface area contributed by atoms with Crippen LogP contribution in [-0.2, 0) is 0 Å². The summed E-state index contributed by atoms with van der Waals surface area (Å²) in [6, 6.07) is 2.93. The summed E-state index contributed by atoms with van der Waals surface area (Å²) in [5, 5.41) is 0. The van der Waals surface area contributed by atoms with Crippen molar-refractivity contribution in [3.05, 3.63) is 29.1 Å². The van der Waals surface area contributed by atoms with Gasteiger partial charge in [-0.15, -0.1) is 0 Å². The molecule has 0 aliphatic carbocycles. The fourth-order valence-electron chi connectivity index (χ4n) is 1.38. The predicted octanol–water partition coefficient (Wildman–Crippen LogP) is 2.94. The van der Waals surface area contributed by atoms with Crippen molar-refractivity contribution in [2.45, 2.75) is 39.8 Å². The van der Waals surface area contributed by atoms with Gasteiger partial charge in [-0.1, -0.05) is 0 Å². The van der Waals surface area contributed by atoms with E-state index in [1.165, 1.54) is 6.07 Å². The Hall–Kier alpha value is -1.09. The molecule has 0 heterocycles. The fraction of sp³-hybridized carbons (Fsp3) is 0.500. The molecule has 0 saturated heterocycles. The van der Waals surface area contributed by atoms with E-state index in [9.17, 15) is 4.39 Å². The van der Waals surface area contributed by atoms with Gasteiger partial charge >= 0.3 is 0 Å². The van der Waals surface area contributed by atoms with Gasteiger partial charge < -0.3 is 10.5 Å². The molecule has 2 N–H and O–H groups in total. The van der Waals surface area contributed by atoms with Gasteiger partial charge in [0.1, 0.15) is 11.6 Å². The summed E-state index contributed by atoms with van der Waals surface area (Å²) >= 11 is 0. The average Bonchev–Trinajstić information content (AvgIpc) is 2.09. The largest absolute Gasteiger partial charge is 0.491 e. The van der Waals surface area contributed by atoms with Crippen molar-refractivity contribution in [2.24, 2.45) is 5.73 Å². The van der Waals surface area contributed by atoms with Crippen LogP contribution >= 0.6 is 0 Å². The Labute approximate surface area is 90.2 Å². The van der Waals surface area contributed by atoms with Crippen LogP contribution in [0.25, 0.3) is 0 Å². The molecule has 0 bridgehead atoms. The van der Waals surface area contributed by atoms with Gasteiger partial charge in [0.05, 0.1) is 6.10 Å². The van der Waals surface area contributed by atoms with Crippen molar-refractivity contribution in [1.29, 1.82) is 0 Å². The van der Waals surface area contributed by atoms with Gasteiger partial charge in [0.15, 0.2) is 0 Å². The zero-order valence-electron chi connectivity index (χ0n) is 9.67. The van der Waals surface area contributed by atoms with Crippen molar-refractivity contribution >= 4 is 0 Å². The number of halogens is 1. The molecule has 0 saturated carbocycles. The third kappa shape index (κ3) is 2.93. The maximum Gasteiger partial charge on any atom is 0.126 e. The van der Waals surface area contributed by atoms with E-state index in [4.69, 9.17) is 10.5 Å². The average molecular weight is 211 g/mol. The highest BCUT2D eigenvalue weighted by atomic mass is 19.1. The van der Waals surface area contributed by atoms with Crippen LogP contribution in [0.5, 0.6) is 5.75 Å². The molecule has 1 aromatic carbocycles. The standard InChI is InChI=1S/C12H18FNO/c1-7(2)15-12-5-8(3)11(13)6-10(12)9(4)14/h5-7,9H,14H2,1-4H3/t9-/m1/s1. The van der Waals surface area contributed by atoms with Gasteiger partial charge in [-0.25, -0.2) is 4.39 Å². The molecule has 0 unspecified atom stereocenters. The minimum absolute atomic E-state index is 0.0624. The zero-order valence-corrected chi connectivity index (χ0v) is 9.67. The first-order valence-corrected chi connectivity index (χ1v) is 5.14. The highest BCUT2D eigenvalue weighted by Gasteiger charge is 2.12. The summed E-state index contributed by atoms with van der Waals surface area (Å²) in [6.45, 7) is 7.40. The Morgan fingerprint density at radius 2 is 1.87 bits per heavy atom. The first kappa shape index (κ1) is 12.0. The van der Waals surface area contributed by atoms with Gasteiger partial charge in [0.25, 0.3) is 0 Å². The maximum absolute atomic E-state index is 13.3. The molecule has 1 rings (SSSR count). The van der Waals surface area contributed by atoms with Gasteiger partial charge in [-0.2, -0.15) is 0 Å². The Bertz CT molecular complexity index is 348. The summed E-state index contributed by atoms with van der Waals surface area (Å²) in [7, 11) is 0. The van der Waals surface area contributed by atoms with Crippen LogP contribution in [0.2, 0.25) is 0 Å². The molecule has 84 valence electrons. The van der Waals surface area contributed by atoms with E-state index >= 15 is 0 Å². The summed E-state index contributed by atoms with van der Waals surface area (Å²) < 4.78 is 18.9. The molecule has 1 atom stereocenters. The minimum atomic E-state index is -0.238. The van der Waals surface area contributed by atoms with Crippen molar-refractivity contribution in [2.75, 3.05) is 0 Å². The van der Waals surface area contributed by atoms with E-state index in [0.717, 1.165) is 0 Å². The molecule has 0 aromatic heterocycles. The van der Waals surface area contributed by atoms with Crippen LogP contribution in [-0.4, -0.2) is 6.10 Å². The second kappa shape index (κ2) is 4.62. The summed E-state index contributed by atoms with van der Waals surface area (Å²) in [6.07, 6.45) is 0.0624. The molecule has 3 heteroatoms. The molecule has 0 aliphatic rings. The SMILES string of the molecule is Cc1cc(OC(C)C)c([C@@H](C)N)cc1F. The molecule has 0 spiro atoms. The van der Waals surface area contributed by atoms with Crippen molar-refractivity contribution in [1.82, 2.24) is 0 Å². The normalized spacial score (nSPS) is 13.0. The van der Waals surface area contributed by atoms with E-state index in [-0.39, 0.29) is 18.0 Å². The van der Waals surface area contributed by atoms with Crippen LogP contribution in [0.1, 0.15) is 37.9 Å². The number of nitrogens with two attached hydrogens (primary N) is 1. The molecular weight excluding hydrogens is 193 g/mol. The molecule has 0 fully saturated rings. The third-order valence-corrected chi connectivity index (χ3v) is 2.14. The predicted molar refractivity (Wildman–Crippen MR) is 59.5 cm³/mol. The van der Waals surface area contributed by atoms with Gasteiger partial charge in [0.2, 0.25) is 0 Å². The second-order valence-electron chi connectivity index (χ2n) is 4.09. The van der Waals surface area contributed by atoms with E-state index in [2.05, 4.69) is 0 Å². The van der Waals surface area contributed by atoms with E-state index in [1.807, 2.05) is 20.8 Å². The number of hydrogen-bond donors (Lipinski definition) is 1. The number of ether oxygens (including phenoxy) is 1. The lowest BCUT2D eigenvalue weighted by Crippen LogP contribution is -2.12. The molecule has 0 aliphatic heterocycles. The summed E-state index contributed by atoms with van der Waals surface area (Å²) in [5.74, 6) is 0.442. The monoisotopic (exact) mass is 211 g/mol. The quantitative estimate of drug-likeness (QED) is 0.834. The first-order valence-electron chi connectivity index (χ1n) is 5.14. The molecule has 2 nitrogen and oxygen atoms in total. The minimum Gasteiger partial charge on any atom is -0.491 e. The third-order valence-electron chi connectivity index (χ3n) is 2.14. The Kier molecular flexibility index (Phi) is 3.69. The van der Waals surface area contributed by atoms with Crippen LogP contribution < -0.4 is 10.5 Å². The number of benzene rings is 1. The van der Waals surface area contributed by atoms with Crippen LogP contribution in [0.4, 0.5) is 4.39 Å². The van der Waals surface area contributed by atoms with Gasteiger partial charge in [-0.05, 0) is 45.4 Å². The van der Waals surface area contributed by atoms with Gasteiger partial charge in [0, 0.05) is 11.6 Å². The molecule has 0 radical (unpaired) electrons. The Balaban J connectivity index is 3.16. The van der Waals surface area contributed by atoms with Crippen LogP contribution in [0.3, 0.4) is 0 Å². The van der Waals surface area contributed by atoms with Crippen LogP contribution in [0.15, 0.2) is 12.1 Å². The number of aryl methyl sites for hydroxylation is 1. The second-order valence-corrected chi connectivity index (χ2v) is 4.09. The van der Waals surface area contributed by atoms with Crippen molar-refractivity contribution in [3.8, 4) is 5.75 Å². The lowest BCUT2D eigenvalue weighted by Gasteiger charge is -2.17. The maximum atomic E-state index is 13.3. The highest BCUT2D eigenvalue weighted by Crippen LogP contribution is 2.27. The zero-order chi connectivity index (χ0) is 11.6. The van der Waals surface area contributed by atoms with Gasteiger partial charge in [-0.3, -0.25) is 0 Å². The first-order chi connectivity index (χ1) is 6.91. The van der Waals surface area contributed by atoms with E-state index in [1.54, 1.807) is 13.0 Å². The summed E-state index contributed by atoms with van der Waals surface area (Å²) in [5.41, 5.74) is 7.06. The highest BCUT2D eigenvalue weighted by molar-refractivity contribution is 5.39. The van der Waals surface area contributed by atoms with E-state index in [0.29, 0.717) is 16.9 Å². The smallest absolute Gasteiger partial charge is 0.126 e. The van der Waals surface area contributed by atoms with Crippen LogP contribution in [0, 0.1) is 12.7 Å². The molecular formula is C12H18FNO. The summed E-state index contributed by atoms with van der Waals surface area (Å²) in [4.78, 5) is 0. The Morgan fingerprint density at radius 3 is 2.33 bits per heavy atom. The lowest BCUT2D eigenvalue weighted by atomic mass is 10.0. The van der Waals surface area contributed by atoms with Crippen molar-refractivity contribution in [3.63, 3.8) is 0 Å². The fourth-order valence-corrected chi connectivity index (χ4v) is 1.38. The van der Waals surface area contributed by atoms with Crippen molar-refractivity contribution < 1.29 is 9.13 Å². The Morgan fingerprint density at radius 1 is 1.27 bits per heavy atom.